The summed E-state index contributed by atoms with van der Waals surface area (Å²) in [5.41, 5.74) is -1.30. The Hall–Kier alpha value is -1.61. The maximum atomic E-state index is 12.3. The van der Waals surface area contributed by atoms with Crippen molar-refractivity contribution < 1.29 is 22.7 Å². The van der Waals surface area contributed by atoms with Crippen molar-refractivity contribution in [3.05, 3.63) is 17.5 Å². The van der Waals surface area contributed by atoms with E-state index in [1.54, 1.807) is 5.10 Å². The molecular formula is C11H15F3N4O2. The van der Waals surface area contributed by atoms with Gasteiger partial charge >= 0.3 is 6.18 Å². The SMILES string of the molecule is O=C(NCCN1CCOCC1)c1cc(C(F)(F)F)[nH]n1. The van der Waals surface area contributed by atoms with Gasteiger partial charge in [-0.3, -0.25) is 14.8 Å². The van der Waals surface area contributed by atoms with Gasteiger partial charge in [0.15, 0.2) is 5.69 Å². The Kier molecular flexibility index (Phi) is 4.61. The molecule has 0 spiro atoms. The largest absolute Gasteiger partial charge is 0.432 e. The van der Waals surface area contributed by atoms with E-state index in [1.165, 1.54) is 0 Å². The number of aromatic amines is 1. The van der Waals surface area contributed by atoms with Crippen molar-refractivity contribution in [1.29, 1.82) is 0 Å². The summed E-state index contributed by atoms with van der Waals surface area (Å²) in [7, 11) is 0. The highest BCUT2D eigenvalue weighted by molar-refractivity contribution is 5.92. The smallest absolute Gasteiger partial charge is 0.379 e. The number of hydrogen-bond acceptors (Lipinski definition) is 4. The van der Waals surface area contributed by atoms with Crippen molar-refractivity contribution in [3.63, 3.8) is 0 Å². The van der Waals surface area contributed by atoms with Gasteiger partial charge in [-0.1, -0.05) is 0 Å². The Morgan fingerprint density at radius 2 is 2.15 bits per heavy atom. The number of alkyl halides is 3. The Balaban J connectivity index is 1.78. The minimum atomic E-state index is -4.53. The average Bonchev–Trinajstić information content (AvgIpc) is 2.89. The molecule has 0 atom stereocenters. The van der Waals surface area contributed by atoms with Gasteiger partial charge in [-0.25, -0.2) is 0 Å². The predicted molar refractivity (Wildman–Crippen MR) is 63.2 cm³/mol. The van der Waals surface area contributed by atoms with Crippen molar-refractivity contribution in [1.82, 2.24) is 20.4 Å². The van der Waals surface area contributed by atoms with Crippen LogP contribution in [0.5, 0.6) is 0 Å². The third-order valence-electron chi connectivity index (χ3n) is 2.93. The number of aromatic nitrogens is 2. The van der Waals surface area contributed by atoms with Crippen molar-refractivity contribution in [2.45, 2.75) is 6.18 Å². The zero-order chi connectivity index (χ0) is 14.6. The number of H-pyrrole nitrogens is 1. The summed E-state index contributed by atoms with van der Waals surface area (Å²) in [6.45, 7) is 3.87. The van der Waals surface area contributed by atoms with Crippen molar-refractivity contribution in [3.8, 4) is 0 Å². The number of nitrogens with zero attached hydrogens (tertiary/aromatic N) is 2. The molecule has 20 heavy (non-hydrogen) atoms. The first-order valence-electron chi connectivity index (χ1n) is 6.18. The summed E-state index contributed by atoms with van der Waals surface area (Å²) >= 11 is 0. The molecule has 1 aliphatic heterocycles. The first kappa shape index (κ1) is 14.8. The van der Waals surface area contributed by atoms with Gasteiger partial charge in [0.1, 0.15) is 5.69 Å². The quantitative estimate of drug-likeness (QED) is 0.847. The normalized spacial score (nSPS) is 17.1. The molecule has 1 aliphatic rings. The van der Waals surface area contributed by atoms with E-state index < -0.39 is 17.8 Å². The number of carbonyl (C=O) groups excluding carboxylic acids is 1. The van der Waals surface area contributed by atoms with Crippen LogP contribution in [0.3, 0.4) is 0 Å². The Bertz CT molecular complexity index is 455. The second kappa shape index (κ2) is 6.23. The number of halogens is 3. The van der Waals surface area contributed by atoms with Gasteiger partial charge < -0.3 is 10.1 Å². The van der Waals surface area contributed by atoms with Crippen LogP contribution in [-0.4, -0.2) is 60.4 Å². The van der Waals surface area contributed by atoms with Crippen molar-refractivity contribution >= 4 is 5.91 Å². The second-order valence-corrected chi connectivity index (χ2v) is 4.37. The molecule has 2 N–H and O–H groups in total. The lowest BCUT2D eigenvalue weighted by atomic mass is 10.3. The zero-order valence-electron chi connectivity index (χ0n) is 10.7. The van der Waals surface area contributed by atoms with Crippen LogP contribution in [-0.2, 0) is 10.9 Å². The lowest BCUT2D eigenvalue weighted by Gasteiger charge is -2.26. The van der Waals surface area contributed by atoms with Crippen LogP contribution in [0.1, 0.15) is 16.2 Å². The Morgan fingerprint density at radius 1 is 1.45 bits per heavy atom. The van der Waals surface area contributed by atoms with E-state index in [0.29, 0.717) is 32.4 Å². The van der Waals surface area contributed by atoms with Gasteiger partial charge in [0, 0.05) is 32.2 Å². The Morgan fingerprint density at radius 3 is 2.75 bits per heavy atom. The van der Waals surface area contributed by atoms with Gasteiger partial charge in [-0.2, -0.15) is 18.3 Å². The molecular weight excluding hydrogens is 277 g/mol. The van der Waals surface area contributed by atoms with E-state index in [9.17, 15) is 18.0 Å². The minimum Gasteiger partial charge on any atom is -0.379 e. The first-order valence-corrected chi connectivity index (χ1v) is 6.18. The molecule has 0 aliphatic carbocycles. The van der Waals surface area contributed by atoms with Crippen molar-refractivity contribution in [2.24, 2.45) is 0 Å². The van der Waals surface area contributed by atoms with Gasteiger partial charge in [0.2, 0.25) is 0 Å². The number of amides is 1. The van der Waals surface area contributed by atoms with Crippen molar-refractivity contribution in [2.75, 3.05) is 39.4 Å². The third kappa shape index (κ3) is 3.94. The molecule has 0 aromatic carbocycles. The number of ether oxygens (including phenoxy) is 1. The van der Waals surface area contributed by atoms with Crippen LogP contribution in [0.2, 0.25) is 0 Å². The fourth-order valence-corrected chi connectivity index (χ4v) is 1.83. The van der Waals surface area contributed by atoms with Gasteiger partial charge in [0.25, 0.3) is 5.91 Å². The molecule has 0 bridgehead atoms. The molecule has 0 unspecified atom stereocenters. The highest BCUT2D eigenvalue weighted by atomic mass is 19.4. The third-order valence-corrected chi connectivity index (χ3v) is 2.93. The second-order valence-electron chi connectivity index (χ2n) is 4.37. The number of rotatable bonds is 4. The highest BCUT2D eigenvalue weighted by Crippen LogP contribution is 2.27. The summed E-state index contributed by atoms with van der Waals surface area (Å²) in [5, 5.41) is 7.70. The van der Waals surface area contributed by atoms with Crippen LogP contribution in [0.15, 0.2) is 6.07 Å². The van der Waals surface area contributed by atoms with Crippen LogP contribution in [0.25, 0.3) is 0 Å². The topological polar surface area (TPSA) is 70.2 Å². The number of carbonyl (C=O) groups is 1. The molecule has 9 heteroatoms. The minimum absolute atomic E-state index is 0.265. The number of morpholine rings is 1. The van der Waals surface area contributed by atoms with Gasteiger partial charge in [-0.15, -0.1) is 0 Å². The zero-order valence-corrected chi connectivity index (χ0v) is 10.7. The van der Waals surface area contributed by atoms with E-state index in [1.807, 2.05) is 0 Å². The van der Waals surface area contributed by atoms with E-state index in [-0.39, 0.29) is 5.69 Å². The highest BCUT2D eigenvalue weighted by Gasteiger charge is 2.33. The van der Waals surface area contributed by atoms with E-state index in [0.717, 1.165) is 13.1 Å². The van der Waals surface area contributed by atoms with E-state index in [4.69, 9.17) is 4.74 Å². The summed E-state index contributed by atoms with van der Waals surface area (Å²) in [4.78, 5) is 13.7. The Labute approximate surface area is 113 Å². The van der Waals surface area contributed by atoms with Crippen LogP contribution in [0.4, 0.5) is 13.2 Å². The molecule has 112 valence electrons. The monoisotopic (exact) mass is 292 g/mol. The molecule has 1 aromatic heterocycles. The maximum absolute atomic E-state index is 12.3. The molecule has 1 saturated heterocycles. The maximum Gasteiger partial charge on any atom is 0.432 e. The summed E-state index contributed by atoms with van der Waals surface area (Å²) in [6.07, 6.45) is -4.53. The van der Waals surface area contributed by atoms with Crippen LogP contribution < -0.4 is 5.32 Å². The van der Waals surface area contributed by atoms with E-state index >= 15 is 0 Å². The summed E-state index contributed by atoms with van der Waals surface area (Å²) in [5.74, 6) is -0.620. The summed E-state index contributed by atoms with van der Waals surface area (Å²) < 4.78 is 42.2. The molecule has 1 fully saturated rings. The number of nitrogens with one attached hydrogen (secondary N) is 2. The van der Waals surface area contributed by atoms with Gasteiger partial charge in [0.05, 0.1) is 13.2 Å². The molecule has 6 nitrogen and oxygen atoms in total. The summed E-state index contributed by atoms with van der Waals surface area (Å²) in [6, 6.07) is 0.698. The van der Waals surface area contributed by atoms with Gasteiger partial charge in [-0.05, 0) is 0 Å². The molecule has 0 saturated carbocycles. The fourth-order valence-electron chi connectivity index (χ4n) is 1.83. The number of hydrogen-bond donors (Lipinski definition) is 2. The fraction of sp³-hybridized carbons (Fsp3) is 0.636. The molecule has 0 radical (unpaired) electrons. The molecule has 2 heterocycles. The standard InChI is InChI=1S/C11H15F3N4O2/c12-11(13,14)9-7-8(16-17-9)10(19)15-1-2-18-3-5-20-6-4-18/h7H,1-6H2,(H,15,19)(H,16,17). The molecule has 2 rings (SSSR count). The lowest BCUT2D eigenvalue weighted by molar-refractivity contribution is -0.141. The first-order chi connectivity index (χ1) is 9.47. The lowest BCUT2D eigenvalue weighted by Crippen LogP contribution is -2.41. The van der Waals surface area contributed by atoms with Crippen LogP contribution in [0, 0.1) is 0 Å². The van der Waals surface area contributed by atoms with E-state index in [2.05, 4.69) is 15.3 Å². The average molecular weight is 292 g/mol. The molecule has 1 aromatic rings. The molecule has 1 amide bonds. The van der Waals surface area contributed by atoms with Crippen LogP contribution >= 0.6 is 0 Å². The predicted octanol–water partition coefficient (Wildman–Crippen LogP) is 0.491.